The van der Waals surface area contributed by atoms with Crippen molar-refractivity contribution in [2.75, 3.05) is 30.9 Å². The second-order valence-electron chi connectivity index (χ2n) is 4.52. The number of nitrogens with zero attached hydrogens (tertiary/aromatic N) is 1. The number of thiophene rings is 1. The molecule has 0 saturated carbocycles. The number of carbonyl (C=O) groups excluding carboxylic acids is 1. The Kier molecular flexibility index (Phi) is 4.99. The topological polar surface area (TPSA) is 52.6 Å². The van der Waals surface area contributed by atoms with Crippen LogP contribution in [0.25, 0.3) is 0 Å². The molecule has 1 aromatic carbocycles. The van der Waals surface area contributed by atoms with Crippen molar-refractivity contribution in [3.63, 3.8) is 0 Å². The van der Waals surface area contributed by atoms with E-state index in [9.17, 15) is 4.79 Å². The Balaban J connectivity index is 2.11. The quantitative estimate of drug-likeness (QED) is 0.856. The predicted octanol–water partition coefficient (Wildman–Crippen LogP) is 2.41. The van der Waals surface area contributed by atoms with Gasteiger partial charge in [-0.15, -0.1) is 11.3 Å². The maximum Gasteiger partial charge on any atom is 0.265 e. The molecule has 0 saturated heterocycles. The van der Waals surface area contributed by atoms with E-state index in [0.29, 0.717) is 4.88 Å². The molecule has 2 aromatic rings. The van der Waals surface area contributed by atoms with Crippen molar-refractivity contribution >= 4 is 28.6 Å². The molecule has 0 bridgehead atoms. The molecule has 1 aromatic heterocycles. The van der Waals surface area contributed by atoms with Gasteiger partial charge >= 0.3 is 0 Å². The monoisotopic (exact) mass is 300 g/mol. The van der Waals surface area contributed by atoms with Gasteiger partial charge in [-0.25, -0.2) is 0 Å². The summed E-state index contributed by atoms with van der Waals surface area (Å²) in [7, 11) is 3.90. The van der Waals surface area contributed by atoms with Crippen molar-refractivity contribution in [1.29, 1.82) is 0 Å². The smallest absolute Gasteiger partial charge is 0.265 e. The SMILES string of the molecule is CN(C)c1cccc(NC(=O)c2ccc(C#CCO)s2)c1. The summed E-state index contributed by atoms with van der Waals surface area (Å²) in [4.78, 5) is 15.5. The molecule has 0 aliphatic heterocycles. The van der Waals surface area contributed by atoms with Crippen molar-refractivity contribution < 1.29 is 9.90 Å². The molecule has 4 nitrogen and oxygen atoms in total. The van der Waals surface area contributed by atoms with Crippen molar-refractivity contribution in [2.24, 2.45) is 0 Å². The van der Waals surface area contributed by atoms with Crippen molar-refractivity contribution in [2.45, 2.75) is 0 Å². The van der Waals surface area contributed by atoms with E-state index in [0.717, 1.165) is 16.3 Å². The Labute approximate surface area is 128 Å². The third-order valence-electron chi connectivity index (χ3n) is 2.74. The molecule has 0 aliphatic carbocycles. The van der Waals surface area contributed by atoms with E-state index < -0.39 is 0 Å². The predicted molar refractivity (Wildman–Crippen MR) is 87.0 cm³/mol. The van der Waals surface area contributed by atoms with Crippen LogP contribution < -0.4 is 10.2 Å². The summed E-state index contributed by atoms with van der Waals surface area (Å²) in [5.74, 6) is 5.20. The highest BCUT2D eigenvalue weighted by Gasteiger charge is 2.09. The zero-order valence-electron chi connectivity index (χ0n) is 11.9. The molecule has 0 radical (unpaired) electrons. The first-order chi connectivity index (χ1) is 10.1. The van der Waals surface area contributed by atoms with Gasteiger partial charge in [0.25, 0.3) is 5.91 Å². The average molecular weight is 300 g/mol. The first-order valence-corrected chi connectivity index (χ1v) is 7.20. The van der Waals surface area contributed by atoms with Crippen molar-refractivity contribution in [3.05, 3.63) is 46.2 Å². The molecule has 1 amide bonds. The molecule has 0 atom stereocenters. The van der Waals surface area contributed by atoms with Gasteiger partial charge in [0.1, 0.15) is 6.61 Å². The van der Waals surface area contributed by atoms with Crippen molar-refractivity contribution in [3.8, 4) is 11.8 Å². The van der Waals surface area contributed by atoms with Crippen LogP contribution in [0.4, 0.5) is 11.4 Å². The Morgan fingerprint density at radius 2 is 2.14 bits per heavy atom. The minimum Gasteiger partial charge on any atom is -0.384 e. The van der Waals surface area contributed by atoms with Crippen LogP contribution in [0.5, 0.6) is 0 Å². The van der Waals surface area contributed by atoms with Gasteiger partial charge in [-0.1, -0.05) is 17.9 Å². The summed E-state index contributed by atoms with van der Waals surface area (Å²) in [6, 6.07) is 11.2. The number of nitrogens with one attached hydrogen (secondary N) is 1. The highest BCUT2D eigenvalue weighted by molar-refractivity contribution is 7.14. The average Bonchev–Trinajstić information content (AvgIpc) is 2.94. The number of hydrogen-bond acceptors (Lipinski definition) is 4. The first-order valence-electron chi connectivity index (χ1n) is 6.38. The lowest BCUT2D eigenvalue weighted by Gasteiger charge is -2.13. The molecular formula is C16H16N2O2S. The van der Waals surface area contributed by atoms with Gasteiger partial charge in [0.15, 0.2) is 0 Å². The zero-order chi connectivity index (χ0) is 15.2. The molecule has 0 spiro atoms. The second kappa shape index (κ2) is 6.93. The van der Waals surface area contributed by atoms with Crippen LogP contribution in [0.3, 0.4) is 0 Å². The molecule has 0 fully saturated rings. The highest BCUT2D eigenvalue weighted by atomic mass is 32.1. The number of aliphatic hydroxyl groups excluding tert-OH is 1. The van der Waals surface area contributed by atoms with Crippen LogP contribution in [0.15, 0.2) is 36.4 Å². The summed E-state index contributed by atoms with van der Waals surface area (Å²) in [5, 5.41) is 11.5. The number of rotatable bonds is 3. The number of aliphatic hydroxyl groups is 1. The fourth-order valence-electron chi connectivity index (χ4n) is 1.71. The normalized spacial score (nSPS) is 9.67. The van der Waals surface area contributed by atoms with Crippen LogP contribution >= 0.6 is 11.3 Å². The molecule has 5 heteroatoms. The van der Waals surface area contributed by atoms with Crippen LogP contribution in [0.1, 0.15) is 14.5 Å². The van der Waals surface area contributed by atoms with Gasteiger partial charge in [-0.05, 0) is 30.3 Å². The number of amides is 1. The van der Waals surface area contributed by atoms with E-state index in [1.54, 1.807) is 12.1 Å². The van der Waals surface area contributed by atoms with E-state index in [1.165, 1.54) is 11.3 Å². The Bertz CT molecular complexity index is 696. The maximum atomic E-state index is 12.2. The zero-order valence-corrected chi connectivity index (χ0v) is 12.7. The van der Waals surface area contributed by atoms with Gasteiger partial charge in [0, 0.05) is 25.5 Å². The van der Waals surface area contributed by atoms with E-state index >= 15 is 0 Å². The number of anilines is 2. The first kappa shape index (κ1) is 15.1. The molecule has 0 unspecified atom stereocenters. The fourth-order valence-corrected chi connectivity index (χ4v) is 2.48. The summed E-state index contributed by atoms with van der Waals surface area (Å²) < 4.78 is 0. The lowest BCUT2D eigenvalue weighted by molar-refractivity contribution is 0.103. The summed E-state index contributed by atoms with van der Waals surface area (Å²) in [6.45, 7) is -0.184. The molecule has 2 N–H and O–H groups in total. The molecule has 1 heterocycles. The van der Waals surface area contributed by atoms with E-state index in [-0.39, 0.29) is 12.5 Å². The van der Waals surface area contributed by atoms with Crippen molar-refractivity contribution in [1.82, 2.24) is 0 Å². The van der Waals surface area contributed by atoms with Gasteiger partial charge in [0.2, 0.25) is 0 Å². The summed E-state index contributed by atoms with van der Waals surface area (Å²) >= 11 is 1.30. The van der Waals surface area contributed by atoms with E-state index in [2.05, 4.69) is 17.2 Å². The Hall–Kier alpha value is -2.29. The molecule has 2 rings (SSSR count). The van der Waals surface area contributed by atoms with Gasteiger partial charge < -0.3 is 15.3 Å². The number of benzene rings is 1. The Morgan fingerprint density at radius 1 is 1.33 bits per heavy atom. The number of carbonyl (C=O) groups is 1. The van der Waals surface area contributed by atoms with Gasteiger partial charge in [0.05, 0.1) is 9.75 Å². The third kappa shape index (κ3) is 4.09. The van der Waals surface area contributed by atoms with Crippen LogP contribution in [0, 0.1) is 11.8 Å². The minimum absolute atomic E-state index is 0.159. The third-order valence-corrected chi connectivity index (χ3v) is 3.74. The van der Waals surface area contributed by atoms with E-state index in [1.807, 2.05) is 43.3 Å². The minimum atomic E-state index is -0.184. The number of hydrogen-bond donors (Lipinski definition) is 2. The maximum absolute atomic E-state index is 12.2. The van der Waals surface area contributed by atoms with Gasteiger partial charge in [-0.3, -0.25) is 4.79 Å². The largest absolute Gasteiger partial charge is 0.384 e. The summed E-state index contributed by atoms with van der Waals surface area (Å²) in [5.41, 5.74) is 1.77. The second-order valence-corrected chi connectivity index (χ2v) is 5.61. The fraction of sp³-hybridized carbons (Fsp3) is 0.188. The molecule has 108 valence electrons. The summed E-state index contributed by atoms with van der Waals surface area (Å²) in [6.07, 6.45) is 0. The van der Waals surface area contributed by atoms with Gasteiger partial charge in [-0.2, -0.15) is 0 Å². The highest BCUT2D eigenvalue weighted by Crippen LogP contribution is 2.20. The van der Waals surface area contributed by atoms with E-state index in [4.69, 9.17) is 5.11 Å². The molecule has 0 aliphatic rings. The lowest BCUT2D eigenvalue weighted by atomic mass is 10.2. The van der Waals surface area contributed by atoms with Crippen LogP contribution in [-0.4, -0.2) is 31.7 Å². The molecular weight excluding hydrogens is 284 g/mol. The Morgan fingerprint density at radius 3 is 2.86 bits per heavy atom. The van der Waals surface area contributed by atoms with Crippen LogP contribution in [-0.2, 0) is 0 Å². The van der Waals surface area contributed by atoms with Crippen LogP contribution in [0.2, 0.25) is 0 Å². The standard InChI is InChI=1S/C16H16N2O2S/c1-18(2)13-6-3-5-12(11-13)17-16(20)15-9-8-14(21-15)7-4-10-19/h3,5-6,8-9,11,19H,10H2,1-2H3,(H,17,20). The molecule has 21 heavy (non-hydrogen) atoms. The lowest BCUT2D eigenvalue weighted by Crippen LogP contribution is -2.12.